The van der Waals surface area contributed by atoms with Gasteiger partial charge in [0.15, 0.2) is 10.2 Å². The van der Waals surface area contributed by atoms with Crippen LogP contribution in [-0.2, 0) is 0 Å². The Balaban J connectivity index is 1.62. The highest BCUT2D eigenvalue weighted by atomic mass is 32.2. The van der Waals surface area contributed by atoms with Gasteiger partial charge >= 0.3 is 0 Å². The van der Waals surface area contributed by atoms with Crippen LogP contribution < -0.4 is 5.32 Å². The van der Waals surface area contributed by atoms with Gasteiger partial charge in [0.1, 0.15) is 11.8 Å². The molecular weight excluding hydrogens is 412 g/mol. The highest BCUT2D eigenvalue weighted by Gasteiger charge is 2.41. The van der Waals surface area contributed by atoms with Crippen molar-refractivity contribution in [2.24, 2.45) is 0 Å². The Bertz CT molecular complexity index is 988. The minimum Gasteiger partial charge on any atom is -0.452 e. The summed E-state index contributed by atoms with van der Waals surface area (Å²) in [7, 11) is 4.14. The summed E-state index contributed by atoms with van der Waals surface area (Å²) in [5.41, 5.74) is 2.21. The van der Waals surface area contributed by atoms with Crippen molar-refractivity contribution in [2.45, 2.75) is 29.0 Å². The van der Waals surface area contributed by atoms with Crippen molar-refractivity contribution in [3.63, 3.8) is 0 Å². The summed E-state index contributed by atoms with van der Waals surface area (Å²) in [6, 6.07) is 18.5. The molecule has 5 nitrogen and oxygen atoms in total. The average molecular weight is 439 g/mol. The first kappa shape index (κ1) is 20.9. The second kappa shape index (κ2) is 9.20. The van der Waals surface area contributed by atoms with Crippen molar-refractivity contribution in [3.8, 4) is 0 Å². The Labute approximate surface area is 187 Å². The van der Waals surface area contributed by atoms with Gasteiger partial charge in [-0.05, 0) is 69.6 Å². The predicted octanol–water partition coefficient (Wildman–Crippen LogP) is 4.67. The molecule has 0 amide bonds. The summed E-state index contributed by atoms with van der Waals surface area (Å²) in [6.45, 7) is 3.81. The third-order valence-corrected chi connectivity index (χ3v) is 6.40. The Kier molecular flexibility index (Phi) is 6.41. The SMILES string of the molecule is Cc1ccc(Sc2ccc([C@H]3[C@H](c4ccccn4)NC(=S)N3CCN(C)C)o2)cc1. The number of benzene rings is 1. The highest BCUT2D eigenvalue weighted by Crippen LogP contribution is 2.41. The van der Waals surface area contributed by atoms with Crippen molar-refractivity contribution in [3.05, 3.63) is 77.8 Å². The molecule has 3 heterocycles. The van der Waals surface area contributed by atoms with Crippen LogP contribution in [0.3, 0.4) is 0 Å². The number of furan rings is 1. The van der Waals surface area contributed by atoms with Crippen molar-refractivity contribution in [1.82, 2.24) is 20.1 Å². The van der Waals surface area contributed by atoms with Crippen LogP contribution in [0.5, 0.6) is 0 Å². The molecule has 0 spiro atoms. The predicted molar refractivity (Wildman–Crippen MR) is 125 cm³/mol. The normalized spacial score (nSPS) is 18.8. The number of hydrogen-bond donors (Lipinski definition) is 1. The number of aromatic nitrogens is 1. The second-order valence-corrected chi connectivity index (χ2v) is 9.16. The number of nitrogens with one attached hydrogen (secondary N) is 1. The minimum absolute atomic E-state index is 0.0419. The maximum absolute atomic E-state index is 6.32. The number of hydrogen-bond acceptors (Lipinski definition) is 5. The number of nitrogens with zero attached hydrogens (tertiary/aromatic N) is 3. The lowest BCUT2D eigenvalue weighted by Crippen LogP contribution is -2.35. The van der Waals surface area contributed by atoms with Gasteiger partial charge in [0.25, 0.3) is 0 Å². The third kappa shape index (κ3) is 4.69. The fraction of sp³-hybridized carbons (Fsp3) is 0.304. The lowest BCUT2D eigenvalue weighted by Gasteiger charge is -2.27. The molecule has 156 valence electrons. The molecule has 3 aromatic rings. The summed E-state index contributed by atoms with van der Waals surface area (Å²) in [5.74, 6) is 0.895. The zero-order chi connectivity index (χ0) is 21.1. The smallest absolute Gasteiger partial charge is 0.170 e. The Hall–Kier alpha value is -2.35. The molecule has 1 saturated heterocycles. The van der Waals surface area contributed by atoms with Gasteiger partial charge in [-0.25, -0.2) is 0 Å². The Morgan fingerprint density at radius 2 is 1.93 bits per heavy atom. The van der Waals surface area contributed by atoms with Crippen LogP contribution in [0, 0.1) is 6.92 Å². The lowest BCUT2D eigenvalue weighted by atomic mass is 10.0. The van der Waals surface area contributed by atoms with E-state index in [2.05, 4.69) is 71.5 Å². The van der Waals surface area contributed by atoms with E-state index in [1.54, 1.807) is 11.8 Å². The average Bonchev–Trinajstić information content (AvgIpc) is 3.32. The molecule has 0 bridgehead atoms. The molecule has 1 N–H and O–H groups in total. The fourth-order valence-corrected chi connectivity index (χ4v) is 4.64. The standard InChI is InChI=1S/C23H26N4OS2/c1-16-7-9-17(10-8-16)30-20-12-11-19(28-20)22-21(18-6-4-5-13-24-18)25-23(29)27(22)15-14-26(2)3/h4-13,21-22H,14-15H2,1-3H3,(H,25,29)/t21-,22-/m0/s1. The van der Waals surface area contributed by atoms with E-state index in [1.165, 1.54) is 5.56 Å². The number of aryl methyl sites for hydroxylation is 1. The van der Waals surface area contributed by atoms with E-state index in [9.17, 15) is 0 Å². The van der Waals surface area contributed by atoms with Gasteiger partial charge in [0.2, 0.25) is 0 Å². The number of likely N-dealkylation sites (N-methyl/N-ethyl adjacent to an activating group) is 1. The van der Waals surface area contributed by atoms with Crippen molar-refractivity contribution in [1.29, 1.82) is 0 Å². The van der Waals surface area contributed by atoms with Crippen molar-refractivity contribution < 1.29 is 4.42 Å². The maximum Gasteiger partial charge on any atom is 0.170 e. The monoisotopic (exact) mass is 438 g/mol. The topological polar surface area (TPSA) is 44.5 Å². The van der Waals surface area contributed by atoms with E-state index in [4.69, 9.17) is 16.6 Å². The van der Waals surface area contributed by atoms with Crippen LogP contribution >= 0.6 is 24.0 Å². The summed E-state index contributed by atoms with van der Waals surface area (Å²) in [6.07, 6.45) is 1.82. The van der Waals surface area contributed by atoms with Crippen LogP contribution in [0.1, 0.15) is 29.1 Å². The minimum atomic E-state index is -0.0516. The van der Waals surface area contributed by atoms with Gasteiger partial charge < -0.3 is 19.5 Å². The molecule has 1 aliphatic rings. The largest absolute Gasteiger partial charge is 0.452 e. The van der Waals surface area contributed by atoms with E-state index >= 15 is 0 Å². The van der Waals surface area contributed by atoms with Crippen LogP contribution in [0.2, 0.25) is 0 Å². The van der Waals surface area contributed by atoms with Gasteiger partial charge in [-0.1, -0.05) is 35.5 Å². The molecule has 1 aromatic carbocycles. The fourth-order valence-electron chi connectivity index (χ4n) is 3.53. The first-order chi connectivity index (χ1) is 14.5. The summed E-state index contributed by atoms with van der Waals surface area (Å²) in [4.78, 5) is 10.1. The zero-order valence-corrected chi connectivity index (χ0v) is 19.0. The van der Waals surface area contributed by atoms with Crippen molar-refractivity contribution >= 4 is 29.1 Å². The summed E-state index contributed by atoms with van der Waals surface area (Å²) in [5, 5.41) is 5.08. The Morgan fingerprint density at radius 3 is 2.63 bits per heavy atom. The second-order valence-electron chi connectivity index (χ2n) is 7.70. The lowest BCUT2D eigenvalue weighted by molar-refractivity contribution is 0.239. The molecule has 7 heteroatoms. The van der Waals surface area contributed by atoms with Crippen LogP contribution in [-0.4, -0.2) is 47.1 Å². The molecule has 0 radical (unpaired) electrons. The Morgan fingerprint density at radius 1 is 1.13 bits per heavy atom. The molecule has 0 unspecified atom stereocenters. The van der Waals surface area contributed by atoms with E-state index < -0.39 is 0 Å². The number of rotatable bonds is 7. The van der Waals surface area contributed by atoms with Gasteiger partial charge in [-0.2, -0.15) is 0 Å². The summed E-state index contributed by atoms with van der Waals surface area (Å²) < 4.78 is 6.32. The highest BCUT2D eigenvalue weighted by molar-refractivity contribution is 7.99. The molecular formula is C23H26N4OS2. The van der Waals surface area contributed by atoms with E-state index in [0.717, 1.165) is 39.6 Å². The van der Waals surface area contributed by atoms with Gasteiger partial charge in [-0.15, -0.1) is 0 Å². The van der Waals surface area contributed by atoms with Gasteiger partial charge in [0, 0.05) is 24.2 Å². The van der Waals surface area contributed by atoms with Crippen LogP contribution in [0.4, 0.5) is 0 Å². The molecule has 2 atom stereocenters. The van der Waals surface area contributed by atoms with Crippen molar-refractivity contribution in [2.75, 3.05) is 27.2 Å². The van der Waals surface area contributed by atoms with Gasteiger partial charge in [-0.3, -0.25) is 4.98 Å². The number of pyridine rings is 1. The first-order valence-corrected chi connectivity index (χ1v) is 11.2. The molecule has 2 aromatic heterocycles. The summed E-state index contributed by atoms with van der Waals surface area (Å²) >= 11 is 7.32. The van der Waals surface area contributed by atoms with E-state index in [-0.39, 0.29) is 12.1 Å². The molecule has 0 saturated carbocycles. The van der Waals surface area contributed by atoms with Gasteiger partial charge in [0.05, 0.1) is 11.7 Å². The quantitative estimate of drug-likeness (QED) is 0.538. The maximum atomic E-state index is 6.32. The zero-order valence-electron chi connectivity index (χ0n) is 17.4. The molecule has 0 aliphatic carbocycles. The van der Waals surface area contributed by atoms with Crippen LogP contribution in [0.25, 0.3) is 0 Å². The van der Waals surface area contributed by atoms with E-state index in [0.29, 0.717) is 0 Å². The number of thiocarbonyl (C=S) groups is 1. The molecule has 30 heavy (non-hydrogen) atoms. The third-order valence-electron chi connectivity index (χ3n) is 5.12. The molecule has 1 aliphatic heterocycles. The molecule has 1 fully saturated rings. The first-order valence-electron chi connectivity index (χ1n) is 9.98. The van der Waals surface area contributed by atoms with E-state index in [1.807, 2.05) is 30.5 Å². The van der Waals surface area contributed by atoms with Crippen LogP contribution in [0.15, 0.2) is 75.2 Å². The molecule has 4 rings (SSSR count).